The molecule has 3 rings (SSSR count). The maximum absolute atomic E-state index is 13.3. The number of nitro groups is 1. The van der Waals surface area contributed by atoms with Gasteiger partial charge in [-0.1, -0.05) is 0 Å². The van der Waals surface area contributed by atoms with E-state index in [1.807, 2.05) is 0 Å². The van der Waals surface area contributed by atoms with Gasteiger partial charge < -0.3 is 15.5 Å². The number of nitrogens with zero attached hydrogens (tertiary/aromatic N) is 2. The lowest BCUT2D eigenvalue weighted by molar-refractivity contribution is -0.384. The minimum absolute atomic E-state index is 0.0901. The summed E-state index contributed by atoms with van der Waals surface area (Å²) in [5, 5.41) is 15.9. The summed E-state index contributed by atoms with van der Waals surface area (Å²) in [4.78, 5) is 36.6. The van der Waals surface area contributed by atoms with E-state index >= 15 is 0 Å². The van der Waals surface area contributed by atoms with E-state index in [2.05, 4.69) is 10.6 Å². The standard InChI is InChI=1S/C23H20F2N4O4/c24-17-4-2-16(3-5-17)22(30)28(20-10-6-18(25)7-11-20)15-1-14-26-23(31)27-19-8-12-21(13-9-19)29(32)33/h2-13H,1,14-15H2,(H2,26,27,31). The molecule has 0 fully saturated rings. The van der Waals surface area contributed by atoms with E-state index < -0.39 is 28.5 Å². The maximum Gasteiger partial charge on any atom is 0.319 e. The molecule has 0 radical (unpaired) electrons. The first-order chi connectivity index (χ1) is 15.8. The minimum Gasteiger partial charge on any atom is -0.338 e. The number of hydrogen-bond donors (Lipinski definition) is 2. The summed E-state index contributed by atoms with van der Waals surface area (Å²) >= 11 is 0. The molecular formula is C23H20F2N4O4. The van der Waals surface area contributed by atoms with E-state index in [1.165, 1.54) is 77.7 Å². The number of amides is 3. The van der Waals surface area contributed by atoms with Crippen LogP contribution in [0.5, 0.6) is 0 Å². The van der Waals surface area contributed by atoms with Crippen LogP contribution < -0.4 is 15.5 Å². The molecule has 33 heavy (non-hydrogen) atoms. The van der Waals surface area contributed by atoms with Gasteiger partial charge in [-0.05, 0) is 67.1 Å². The van der Waals surface area contributed by atoms with Gasteiger partial charge in [0.05, 0.1) is 4.92 Å². The Morgan fingerprint density at radius 2 is 1.45 bits per heavy atom. The van der Waals surface area contributed by atoms with Crippen molar-refractivity contribution in [3.8, 4) is 0 Å². The summed E-state index contributed by atoms with van der Waals surface area (Å²) in [6, 6.07) is 15.3. The van der Waals surface area contributed by atoms with Gasteiger partial charge in [-0.15, -0.1) is 0 Å². The third-order valence-electron chi connectivity index (χ3n) is 4.65. The largest absolute Gasteiger partial charge is 0.338 e. The summed E-state index contributed by atoms with van der Waals surface area (Å²) < 4.78 is 26.5. The van der Waals surface area contributed by atoms with Gasteiger partial charge in [-0.2, -0.15) is 0 Å². The molecule has 0 heterocycles. The Morgan fingerprint density at radius 1 is 0.879 bits per heavy atom. The molecule has 3 amide bonds. The highest BCUT2D eigenvalue weighted by Crippen LogP contribution is 2.19. The first-order valence-electron chi connectivity index (χ1n) is 9.96. The van der Waals surface area contributed by atoms with Gasteiger partial charge in [-0.3, -0.25) is 14.9 Å². The number of carbonyl (C=O) groups excluding carboxylic acids is 2. The zero-order chi connectivity index (χ0) is 23.8. The van der Waals surface area contributed by atoms with Gasteiger partial charge in [0, 0.05) is 42.2 Å². The van der Waals surface area contributed by atoms with Crippen LogP contribution in [-0.4, -0.2) is 30.0 Å². The fourth-order valence-corrected chi connectivity index (χ4v) is 3.00. The molecule has 0 atom stereocenters. The molecule has 3 aromatic rings. The number of rotatable bonds is 8. The Morgan fingerprint density at radius 3 is 2.03 bits per heavy atom. The van der Waals surface area contributed by atoms with Crippen LogP contribution in [0.3, 0.4) is 0 Å². The highest BCUT2D eigenvalue weighted by molar-refractivity contribution is 6.06. The predicted octanol–water partition coefficient (Wildman–Crippen LogP) is 4.73. The van der Waals surface area contributed by atoms with Gasteiger partial charge in [0.25, 0.3) is 11.6 Å². The molecule has 0 saturated carbocycles. The van der Waals surface area contributed by atoms with Gasteiger partial charge in [0.15, 0.2) is 0 Å². The Balaban J connectivity index is 1.58. The molecule has 3 aromatic carbocycles. The van der Waals surface area contributed by atoms with Crippen LogP contribution in [-0.2, 0) is 0 Å². The Hall–Kier alpha value is -4.34. The summed E-state index contributed by atoms with van der Waals surface area (Å²) in [6.45, 7) is 0.423. The number of urea groups is 1. The first-order valence-corrected chi connectivity index (χ1v) is 9.96. The third-order valence-corrected chi connectivity index (χ3v) is 4.65. The molecular weight excluding hydrogens is 434 g/mol. The molecule has 0 spiro atoms. The summed E-state index contributed by atoms with van der Waals surface area (Å²) in [6.07, 6.45) is 0.373. The molecule has 2 N–H and O–H groups in total. The van der Waals surface area contributed by atoms with Crippen LogP contribution in [0.1, 0.15) is 16.8 Å². The Kier molecular flexibility index (Phi) is 7.64. The van der Waals surface area contributed by atoms with Crippen LogP contribution in [0.15, 0.2) is 72.8 Å². The van der Waals surface area contributed by atoms with Crippen LogP contribution in [0, 0.1) is 21.7 Å². The number of nitro benzene ring substituents is 1. The maximum atomic E-state index is 13.3. The molecule has 0 aromatic heterocycles. The number of non-ortho nitro benzene ring substituents is 1. The topological polar surface area (TPSA) is 105 Å². The number of hydrogen-bond acceptors (Lipinski definition) is 4. The van der Waals surface area contributed by atoms with E-state index in [1.54, 1.807) is 0 Å². The van der Waals surface area contributed by atoms with Crippen molar-refractivity contribution in [2.75, 3.05) is 23.3 Å². The quantitative estimate of drug-likeness (QED) is 0.292. The van der Waals surface area contributed by atoms with E-state index in [4.69, 9.17) is 0 Å². The summed E-state index contributed by atoms with van der Waals surface area (Å²) in [7, 11) is 0. The van der Waals surface area contributed by atoms with Gasteiger partial charge >= 0.3 is 6.03 Å². The first kappa shape index (κ1) is 23.3. The lowest BCUT2D eigenvalue weighted by Gasteiger charge is -2.23. The second-order valence-electron chi connectivity index (χ2n) is 6.98. The van der Waals surface area contributed by atoms with E-state index in [9.17, 15) is 28.5 Å². The minimum atomic E-state index is -0.538. The Labute approximate surface area is 188 Å². The van der Waals surface area contributed by atoms with Gasteiger partial charge in [-0.25, -0.2) is 13.6 Å². The zero-order valence-electron chi connectivity index (χ0n) is 17.3. The molecule has 10 heteroatoms. The van der Waals surface area contributed by atoms with Crippen LogP contribution >= 0.6 is 0 Å². The van der Waals surface area contributed by atoms with Crippen molar-refractivity contribution in [2.45, 2.75) is 6.42 Å². The van der Waals surface area contributed by atoms with E-state index in [0.717, 1.165) is 0 Å². The van der Waals surface area contributed by atoms with Crippen molar-refractivity contribution in [1.82, 2.24) is 5.32 Å². The van der Waals surface area contributed by atoms with Crippen molar-refractivity contribution in [1.29, 1.82) is 0 Å². The fraction of sp³-hybridized carbons (Fsp3) is 0.130. The Bertz CT molecular complexity index is 1120. The van der Waals surface area contributed by atoms with Gasteiger partial charge in [0.2, 0.25) is 0 Å². The van der Waals surface area contributed by atoms with E-state index in [0.29, 0.717) is 17.8 Å². The molecule has 0 aliphatic heterocycles. The van der Waals surface area contributed by atoms with Crippen LogP contribution in [0.25, 0.3) is 0 Å². The second-order valence-corrected chi connectivity index (χ2v) is 6.98. The van der Waals surface area contributed by atoms with Crippen molar-refractivity contribution < 1.29 is 23.3 Å². The molecule has 0 saturated heterocycles. The van der Waals surface area contributed by atoms with Crippen molar-refractivity contribution in [2.24, 2.45) is 0 Å². The van der Waals surface area contributed by atoms with E-state index in [-0.39, 0.29) is 24.3 Å². The number of nitrogens with one attached hydrogen (secondary N) is 2. The average Bonchev–Trinajstić information content (AvgIpc) is 2.80. The molecule has 170 valence electrons. The zero-order valence-corrected chi connectivity index (χ0v) is 17.3. The molecule has 0 aliphatic rings. The van der Waals surface area contributed by atoms with Crippen molar-refractivity contribution >= 4 is 29.0 Å². The second kappa shape index (κ2) is 10.8. The smallest absolute Gasteiger partial charge is 0.319 e. The highest BCUT2D eigenvalue weighted by atomic mass is 19.1. The van der Waals surface area contributed by atoms with Crippen molar-refractivity contribution in [3.05, 3.63) is 100 Å². The number of halogens is 2. The monoisotopic (exact) mass is 454 g/mol. The number of benzene rings is 3. The van der Waals surface area contributed by atoms with Gasteiger partial charge in [0.1, 0.15) is 11.6 Å². The van der Waals surface area contributed by atoms with Crippen LogP contribution in [0.2, 0.25) is 0 Å². The normalized spacial score (nSPS) is 10.4. The molecule has 0 aliphatic carbocycles. The predicted molar refractivity (Wildman–Crippen MR) is 119 cm³/mol. The molecule has 8 nitrogen and oxygen atoms in total. The number of carbonyl (C=O) groups is 2. The summed E-state index contributed by atoms with van der Waals surface area (Å²) in [5.74, 6) is -1.31. The average molecular weight is 454 g/mol. The van der Waals surface area contributed by atoms with Crippen LogP contribution in [0.4, 0.5) is 30.6 Å². The lowest BCUT2D eigenvalue weighted by atomic mass is 10.1. The fourth-order valence-electron chi connectivity index (χ4n) is 3.00. The number of anilines is 2. The summed E-state index contributed by atoms with van der Waals surface area (Å²) in [5.41, 5.74) is 1.02. The lowest BCUT2D eigenvalue weighted by Crippen LogP contribution is -2.35. The molecule has 0 unspecified atom stereocenters. The van der Waals surface area contributed by atoms with Crippen molar-refractivity contribution in [3.63, 3.8) is 0 Å². The molecule has 0 bridgehead atoms. The third kappa shape index (κ3) is 6.57. The highest BCUT2D eigenvalue weighted by Gasteiger charge is 2.18. The SMILES string of the molecule is O=C(NCCCN(C(=O)c1ccc(F)cc1)c1ccc(F)cc1)Nc1ccc([N+](=O)[O-])cc1.